The molecule has 0 radical (unpaired) electrons. The van der Waals surface area contributed by atoms with E-state index in [0.29, 0.717) is 0 Å². The largest absolute Gasteiger partial charge is 0.323 e. The summed E-state index contributed by atoms with van der Waals surface area (Å²) in [5.41, 5.74) is 10.9. The second-order valence-corrected chi connectivity index (χ2v) is 4.62. The third kappa shape index (κ3) is 7.39. The van der Waals surface area contributed by atoms with Crippen molar-refractivity contribution in [3.8, 4) is 0 Å². The molecule has 0 bridgehead atoms. The van der Waals surface area contributed by atoms with Crippen LogP contribution in [0.4, 0.5) is 17.6 Å². The molecule has 0 aliphatic heterocycles. The lowest BCUT2D eigenvalue weighted by atomic mass is 10.2. The summed E-state index contributed by atoms with van der Waals surface area (Å²) in [5, 5.41) is 0. The molecule has 2 aromatic heterocycles. The Bertz CT molecular complexity index is 587. The number of halogens is 6. The van der Waals surface area contributed by atoms with Gasteiger partial charge in [0.05, 0.1) is 23.8 Å². The summed E-state index contributed by atoms with van der Waals surface area (Å²) < 4.78 is 50.0. The van der Waals surface area contributed by atoms with Gasteiger partial charge in [-0.1, -0.05) is 0 Å². The number of nitrogens with two attached hydrogens (primary N) is 2. The zero-order valence-corrected chi connectivity index (χ0v) is 14.5. The van der Waals surface area contributed by atoms with Crippen LogP contribution in [0.25, 0.3) is 0 Å². The second kappa shape index (κ2) is 11.1. The predicted molar refractivity (Wildman–Crippen MR) is 88.0 cm³/mol. The first-order valence-corrected chi connectivity index (χ1v) is 6.35. The van der Waals surface area contributed by atoms with Gasteiger partial charge in [0.2, 0.25) is 0 Å². The van der Waals surface area contributed by atoms with Crippen molar-refractivity contribution in [2.45, 2.75) is 25.9 Å². The second-order valence-electron chi connectivity index (χ2n) is 4.62. The molecule has 0 aliphatic rings. The molecule has 0 spiro atoms. The highest BCUT2D eigenvalue weighted by atomic mass is 35.5. The number of hydrogen-bond acceptors (Lipinski definition) is 4. The van der Waals surface area contributed by atoms with Crippen molar-refractivity contribution >= 4 is 24.8 Å². The highest BCUT2D eigenvalue weighted by Gasteiger charge is 2.09. The van der Waals surface area contributed by atoms with E-state index < -0.39 is 35.4 Å². The van der Waals surface area contributed by atoms with Crippen molar-refractivity contribution in [3.05, 3.63) is 59.2 Å². The molecular formula is C14H18Cl2F4N4. The number of nitrogens with zero attached hydrogens (tertiary/aromatic N) is 2. The standard InChI is InChI=1S/2C7H8F2N2.2ClH/c2*1-4(10)7-6(9)2-5(8)3-11-7;;/h2*2-4H,10H2,1H3;2*1H. The van der Waals surface area contributed by atoms with Crippen molar-refractivity contribution in [2.75, 3.05) is 0 Å². The Morgan fingerprint density at radius 2 is 1.04 bits per heavy atom. The first-order chi connectivity index (χ1) is 10.2. The lowest BCUT2D eigenvalue weighted by Gasteiger charge is -2.04. The summed E-state index contributed by atoms with van der Waals surface area (Å²) in [7, 11) is 0. The van der Waals surface area contributed by atoms with Crippen LogP contribution in [0.2, 0.25) is 0 Å². The van der Waals surface area contributed by atoms with Crippen LogP contribution in [0, 0.1) is 23.3 Å². The number of rotatable bonds is 2. The molecule has 0 fully saturated rings. The van der Waals surface area contributed by atoms with Gasteiger partial charge in [-0.3, -0.25) is 9.97 Å². The van der Waals surface area contributed by atoms with Crippen LogP contribution in [0.3, 0.4) is 0 Å². The Hall–Kier alpha value is -1.48. The molecule has 24 heavy (non-hydrogen) atoms. The average molecular weight is 389 g/mol. The van der Waals surface area contributed by atoms with Gasteiger partial charge >= 0.3 is 0 Å². The minimum Gasteiger partial charge on any atom is -0.323 e. The van der Waals surface area contributed by atoms with Crippen LogP contribution in [-0.4, -0.2) is 9.97 Å². The fourth-order valence-corrected chi connectivity index (χ4v) is 1.52. The molecule has 4 N–H and O–H groups in total. The van der Waals surface area contributed by atoms with E-state index in [1.54, 1.807) is 13.8 Å². The van der Waals surface area contributed by atoms with E-state index in [2.05, 4.69) is 9.97 Å². The first kappa shape index (κ1) is 24.8. The van der Waals surface area contributed by atoms with Crippen LogP contribution in [0.15, 0.2) is 24.5 Å². The highest BCUT2D eigenvalue weighted by Crippen LogP contribution is 2.12. The quantitative estimate of drug-likeness (QED) is 0.770. The molecule has 0 saturated heterocycles. The fraction of sp³-hybridized carbons (Fsp3) is 0.286. The van der Waals surface area contributed by atoms with Crippen molar-refractivity contribution in [1.29, 1.82) is 0 Å². The Labute approximate surface area is 149 Å². The topological polar surface area (TPSA) is 77.8 Å². The van der Waals surface area contributed by atoms with Gasteiger partial charge in [-0.2, -0.15) is 0 Å². The molecule has 2 heterocycles. The van der Waals surface area contributed by atoms with E-state index in [4.69, 9.17) is 11.5 Å². The van der Waals surface area contributed by atoms with Gasteiger partial charge in [-0.15, -0.1) is 24.8 Å². The molecule has 4 nitrogen and oxygen atoms in total. The maximum Gasteiger partial charge on any atom is 0.149 e. The van der Waals surface area contributed by atoms with E-state index in [1.165, 1.54) is 0 Å². The van der Waals surface area contributed by atoms with Gasteiger partial charge in [0.15, 0.2) is 0 Å². The Morgan fingerprint density at radius 1 is 0.750 bits per heavy atom. The zero-order chi connectivity index (χ0) is 16.9. The van der Waals surface area contributed by atoms with Crippen molar-refractivity contribution in [3.63, 3.8) is 0 Å². The molecular weight excluding hydrogens is 371 g/mol. The molecule has 2 aromatic rings. The van der Waals surface area contributed by atoms with Crippen molar-refractivity contribution < 1.29 is 17.6 Å². The van der Waals surface area contributed by atoms with Crippen LogP contribution >= 0.6 is 24.8 Å². The van der Waals surface area contributed by atoms with Gasteiger partial charge in [-0.05, 0) is 13.8 Å². The van der Waals surface area contributed by atoms with Gasteiger partial charge in [0.25, 0.3) is 0 Å². The van der Waals surface area contributed by atoms with Crippen LogP contribution in [0.5, 0.6) is 0 Å². The molecule has 0 aliphatic carbocycles. The first-order valence-electron chi connectivity index (χ1n) is 6.35. The summed E-state index contributed by atoms with van der Waals surface area (Å²) in [6, 6.07) is 0.531. The SMILES string of the molecule is CC(N)c1ncc(F)cc1F.CC(N)c1ncc(F)cc1F.Cl.Cl. The maximum atomic E-state index is 12.7. The Morgan fingerprint density at radius 3 is 1.25 bits per heavy atom. The molecule has 2 atom stereocenters. The monoisotopic (exact) mass is 388 g/mol. The van der Waals surface area contributed by atoms with Gasteiger partial charge < -0.3 is 11.5 Å². The van der Waals surface area contributed by atoms with Gasteiger partial charge in [-0.25, -0.2) is 17.6 Å². The smallest absolute Gasteiger partial charge is 0.149 e. The van der Waals surface area contributed by atoms with Crippen LogP contribution in [0.1, 0.15) is 37.3 Å². The van der Waals surface area contributed by atoms with E-state index in [0.717, 1.165) is 24.5 Å². The van der Waals surface area contributed by atoms with E-state index in [1.807, 2.05) is 0 Å². The molecule has 0 saturated carbocycles. The lowest BCUT2D eigenvalue weighted by Crippen LogP contribution is -2.09. The van der Waals surface area contributed by atoms with E-state index >= 15 is 0 Å². The number of pyridine rings is 2. The normalized spacial score (nSPS) is 12.0. The summed E-state index contributed by atoms with van der Waals surface area (Å²) >= 11 is 0. The zero-order valence-electron chi connectivity index (χ0n) is 12.8. The summed E-state index contributed by atoms with van der Waals surface area (Å²) in [6.45, 7) is 3.17. The van der Waals surface area contributed by atoms with Crippen LogP contribution < -0.4 is 11.5 Å². The highest BCUT2D eigenvalue weighted by molar-refractivity contribution is 5.85. The molecule has 136 valence electrons. The van der Waals surface area contributed by atoms with Gasteiger partial charge in [0.1, 0.15) is 23.3 Å². The number of aromatic nitrogens is 2. The van der Waals surface area contributed by atoms with Crippen molar-refractivity contribution in [1.82, 2.24) is 9.97 Å². The molecule has 10 heteroatoms. The lowest BCUT2D eigenvalue weighted by molar-refractivity contribution is 0.544. The minimum absolute atomic E-state index is 0. The Kier molecular flexibility index (Phi) is 11.5. The molecule has 0 amide bonds. The Balaban J connectivity index is 0. The van der Waals surface area contributed by atoms with E-state index in [9.17, 15) is 17.6 Å². The molecule has 2 unspecified atom stereocenters. The summed E-state index contributed by atoms with van der Waals surface area (Å²) in [6.07, 6.45) is 1.89. The van der Waals surface area contributed by atoms with Gasteiger partial charge in [0, 0.05) is 24.2 Å². The third-order valence-corrected chi connectivity index (χ3v) is 2.54. The predicted octanol–water partition coefficient (Wildman–Crippen LogP) is 3.60. The fourth-order valence-electron chi connectivity index (χ4n) is 1.52. The van der Waals surface area contributed by atoms with E-state index in [-0.39, 0.29) is 36.2 Å². The average Bonchev–Trinajstić information content (AvgIpc) is 2.38. The summed E-state index contributed by atoms with van der Waals surface area (Å²) in [5.74, 6) is -2.76. The van der Waals surface area contributed by atoms with Crippen molar-refractivity contribution in [2.24, 2.45) is 11.5 Å². The summed E-state index contributed by atoms with van der Waals surface area (Å²) in [4.78, 5) is 7.00. The molecule has 0 aromatic carbocycles. The number of hydrogen-bond donors (Lipinski definition) is 2. The third-order valence-electron chi connectivity index (χ3n) is 2.54. The van der Waals surface area contributed by atoms with Crippen LogP contribution in [-0.2, 0) is 0 Å². The minimum atomic E-state index is -0.694. The molecule has 2 rings (SSSR count). The maximum absolute atomic E-state index is 12.7.